The van der Waals surface area contributed by atoms with Gasteiger partial charge in [0, 0.05) is 19.1 Å². The Hall–Kier alpha value is -1.38. The molecule has 0 amide bonds. The van der Waals surface area contributed by atoms with E-state index in [1.807, 2.05) is 12.2 Å². The first kappa shape index (κ1) is 17.0. The van der Waals surface area contributed by atoms with Crippen LogP contribution in [0.1, 0.15) is 43.7 Å². The average molecular weight is 298 g/mol. The third-order valence-corrected chi connectivity index (χ3v) is 4.91. The van der Waals surface area contributed by atoms with Gasteiger partial charge < -0.3 is 5.73 Å². The molecule has 0 radical (unpaired) electrons. The Morgan fingerprint density at radius 3 is 2.59 bits per heavy atom. The smallest absolute Gasteiger partial charge is 0.0570 e. The molecule has 2 atom stereocenters. The standard InChI is InChI=1S/C20H30N2/c1-4-7-14-20(21)18-11-9-8-10-17(18)12-13-19(20)22(15-5-2)16-6-3/h5-6,8-11,19H,2-4,7,12-16,21H2,1H3. The fourth-order valence-electron chi connectivity index (χ4n) is 3.86. The minimum Gasteiger partial charge on any atom is -0.320 e. The Labute approximate surface area is 135 Å². The van der Waals surface area contributed by atoms with Gasteiger partial charge in [-0.25, -0.2) is 0 Å². The second-order valence-corrected chi connectivity index (χ2v) is 6.39. The van der Waals surface area contributed by atoms with E-state index in [0.717, 1.165) is 38.8 Å². The summed E-state index contributed by atoms with van der Waals surface area (Å²) in [5.41, 5.74) is 9.56. The minimum atomic E-state index is -0.267. The van der Waals surface area contributed by atoms with Crippen LogP contribution in [0.5, 0.6) is 0 Å². The monoisotopic (exact) mass is 298 g/mol. The molecule has 2 nitrogen and oxygen atoms in total. The van der Waals surface area contributed by atoms with Crippen molar-refractivity contribution in [1.82, 2.24) is 4.90 Å². The largest absolute Gasteiger partial charge is 0.320 e. The van der Waals surface area contributed by atoms with E-state index in [2.05, 4.69) is 49.2 Å². The lowest BCUT2D eigenvalue weighted by Gasteiger charge is -2.48. The lowest BCUT2D eigenvalue weighted by Crippen LogP contribution is -2.58. The summed E-state index contributed by atoms with van der Waals surface area (Å²) in [5, 5.41) is 0. The van der Waals surface area contributed by atoms with Crippen molar-refractivity contribution in [3.63, 3.8) is 0 Å². The molecule has 120 valence electrons. The molecule has 0 spiro atoms. The zero-order valence-corrected chi connectivity index (χ0v) is 13.9. The van der Waals surface area contributed by atoms with Crippen molar-refractivity contribution in [1.29, 1.82) is 0 Å². The van der Waals surface area contributed by atoms with E-state index < -0.39 is 0 Å². The summed E-state index contributed by atoms with van der Waals surface area (Å²) in [6.45, 7) is 11.8. The van der Waals surface area contributed by atoms with Crippen LogP contribution >= 0.6 is 0 Å². The highest BCUT2D eigenvalue weighted by atomic mass is 15.2. The molecule has 1 aromatic carbocycles. The molecule has 1 aliphatic rings. The van der Waals surface area contributed by atoms with E-state index in [4.69, 9.17) is 5.73 Å². The van der Waals surface area contributed by atoms with Gasteiger partial charge in [-0.1, -0.05) is 56.2 Å². The van der Waals surface area contributed by atoms with E-state index in [1.54, 1.807) is 0 Å². The summed E-state index contributed by atoms with van der Waals surface area (Å²) in [6, 6.07) is 9.08. The molecule has 0 fully saturated rings. The SMILES string of the molecule is C=CCN(CC=C)C1CCc2ccccc2C1(N)CCCC. The lowest BCUT2D eigenvalue weighted by molar-refractivity contribution is 0.115. The Morgan fingerprint density at radius 2 is 1.95 bits per heavy atom. The number of benzene rings is 1. The van der Waals surface area contributed by atoms with Crippen LogP contribution in [0.15, 0.2) is 49.6 Å². The van der Waals surface area contributed by atoms with Crippen molar-refractivity contribution in [2.24, 2.45) is 5.73 Å². The topological polar surface area (TPSA) is 29.3 Å². The molecule has 2 unspecified atom stereocenters. The van der Waals surface area contributed by atoms with Crippen LogP contribution in [0.25, 0.3) is 0 Å². The Kier molecular flexibility index (Phi) is 5.98. The van der Waals surface area contributed by atoms with E-state index in [-0.39, 0.29) is 5.54 Å². The zero-order valence-electron chi connectivity index (χ0n) is 13.9. The number of rotatable bonds is 8. The van der Waals surface area contributed by atoms with Crippen molar-refractivity contribution in [2.75, 3.05) is 13.1 Å². The number of hydrogen-bond acceptors (Lipinski definition) is 2. The first-order valence-electron chi connectivity index (χ1n) is 8.50. The number of unbranched alkanes of at least 4 members (excludes halogenated alkanes) is 1. The van der Waals surface area contributed by atoms with Crippen molar-refractivity contribution < 1.29 is 0 Å². The Bertz CT molecular complexity index is 498. The van der Waals surface area contributed by atoms with Crippen LogP contribution in [0.4, 0.5) is 0 Å². The number of hydrogen-bond donors (Lipinski definition) is 1. The molecule has 0 saturated carbocycles. The molecule has 2 N–H and O–H groups in total. The fourth-order valence-corrected chi connectivity index (χ4v) is 3.86. The van der Waals surface area contributed by atoms with Gasteiger partial charge >= 0.3 is 0 Å². The van der Waals surface area contributed by atoms with Gasteiger partial charge in [0.1, 0.15) is 0 Å². The van der Waals surface area contributed by atoms with E-state index in [1.165, 1.54) is 17.5 Å². The number of aryl methyl sites for hydroxylation is 1. The summed E-state index contributed by atoms with van der Waals surface area (Å²) in [7, 11) is 0. The number of nitrogens with two attached hydrogens (primary N) is 1. The maximum Gasteiger partial charge on any atom is 0.0570 e. The van der Waals surface area contributed by atoms with Crippen LogP contribution < -0.4 is 5.73 Å². The first-order valence-corrected chi connectivity index (χ1v) is 8.50. The molecule has 0 bridgehead atoms. The third-order valence-electron chi connectivity index (χ3n) is 4.91. The van der Waals surface area contributed by atoms with E-state index in [0.29, 0.717) is 6.04 Å². The van der Waals surface area contributed by atoms with Gasteiger partial charge in [0.25, 0.3) is 0 Å². The van der Waals surface area contributed by atoms with Crippen LogP contribution in [0.3, 0.4) is 0 Å². The third kappa shape index (κ3) is 3.34. The summed E-state index contributed by atoms with van der Waals surface area (Å²) < 4.78 is 0. The maximum absolute atomic E-state index is 7.05. The molecule has 2 heteroatoms. The van der Waals surface area contributed by atoms with Gasteiger partial charge in [0.05, 0.1) is 5.54 Å². The highest BCUT2D eigenvalue weighted by Gasteiger charge is 2.42. The Morgan fingerprint density at radius 1 is 1.27 bits per heavy atom. The van der Waals surface area contributed by atoms with Crippen molar-refractivity contribution in [3.8, 4) is 0 Å². The van der Waals surface area contributed by atoms with Gasteiger partial charge in [0.15, 0.2) is 0 Å². The molecular weight excluding hydrogens is 268 g/mol. The highest BCUT2D eigenvalue weighted by Crippen LogP contribution is 2.39. The number of fused-ring (bicyclic) bond motifs is 1. The normalized spacial score (nSPS) is 24.0. The summed E-state index contributed by atoms with van der Waals surface area (Å²) in [5.74, 6) is 0. The predicted molar refractivity (Wildman–Crippen MR) is 95.9 cm³/mol. The summed E-state index contributed by atoms with van der Waals surface area (Å²) in [6.07, 6.45) is 9.55. The zero-order chi connectivity index (χ0) is 16.0. The van der Waals surface area contributed by atoms with Crippen LogP contribution in [-0.4, -0.2) is 24.0 Å². The van der Waals surface area contributed by atoms with E-state index in [9.17, 15) is 0 Å². The van der Waals surface area contributed by atoms with E-state index >= 15 is 0 Å². The summed E-state index contributed by atoms with van der Waals surface area (Å²) in [4.78, 5) is 2.44. The van der Waals surface area contributed by atoms with Gasteiger partial charge in [-0.15, -0.1) is 13.2 Å². The van der Waals surface area contributed by atoms with Crippen LogP contribution in [0, 0.1) is 0 Å². The molecule has 1 aromatic rings. The van der Waals surface area contributed by atoms with Crippen molar-refractivity contribution in [2.45, 2.75) is 50.6 Å². The average Bonchev–Trinajstić information content (AvgIpc) is 2.53. The molecule has 1 aliphatic carbocycles. The maximum atomic E-state index is 7.05. The molecule has 0 aliphatic heterocycles. The van der Waals surface area contributed by atoms with Crippen molar-refractivity contribution in [3.05, 3.63) is 60.7 Å². The Balaban J connectivity index is 2.39. The van der Waals surface area contributed by atoms with Gasteiger partial charge in [0.2, 0.25) is 0 Å². The predicted octanol–water partition coefficient (Wildman–Crippen LogP) is 4.02. The molecule has 0 aromatic heterocycles. The van der Waals surface area contributed by atoms with Gasteiger partial charge in [-0.2, -0.15) is 0 Å². The van der Waals surface area contributed by atoms with Crippen molar-refractivity contribution >= 4 is 0 Å². The van der Waals surface area contributed by atoms with Crippen LogP contribution in [-0.2, 0) is 12.0 Å². The first-order chi connectivity index (χ1) is 10.7. The second-order valence-electron chi connectivity index (χ2n) is 6.39. The number of nitrogens with zero attached hydrogens (tertiary/aromatic N) is 1. The quantitative estimate of drug-likeness (QED) is 0.735. The fraction of sp³-hybridized carbons (Fsp3) is 0.500. The lowest BCUT2D eigenvalue weighted by atomic mass is 9.70. The molecule has 2 rings (SSSR count). The van der Waals surface area contributed by atoms with Gasteiger partial charge in [-0.05, 0) is 30.4 Å². The molecule has 0 saturated heterocycles. The minimum absolute atomic E-state index is 0.267. The van der Waals surface area contributed by atoms with Crippen LogP contribution in [0.2, 0.25) is 0 Å². The highest BCUT2D eigenvalue weighted by molar-refractivity contribution is 5.38. The second kappa shape index (κ2) is 7.75. The molecule has 22 heavy (non-hydrogen) atoms. The summed E-state index contributed by atoms with van der Waals surface area (Å²) >= 11 is 0. The molecule has 0 heterocycles. The van der Waals surface area contributed by atoms with Gasteiger partial charge in [-0.3, -0.25) is 4.90 Å². The molecular formula is C20H30N2.